The van der Waals surface area contributed by atoms with Crippen molar-refractivity contribution in [3.8, 4) is 5.75 Å². The molecule has 1 unspecified atom stereocenters. The first-order valence-electron chi connectivity index (χ1n) is 10.5. The van der Waals surface area contributed by atoms with Gasteiger partial charge in [-0.05, 0) is 55.3 Å². The van der Waals surface area contributed by atoms with Crippen LogP contribution in [0.3, 0.4) is 0 Å². The summed E-state index contributed by atoms with van der Waals surface area (Å²) in [5.41, 5.74) is 0.653. The highest BCUT2D eigenvalue weighted by Crippen LogP contribution is 2.23. The number of imide groups is 1. The van der Waals surface area contributed by atoms with Crippen molar-refractivity contribution in [3.05, 3.63) is 69.8 Å². The molecule has 2 heterocycles. The van der Waals surface area contributed by atoms with Crippen LogP contribution in [0.2, 0.25) is 0 Å². The first-order chi connectivity index (χ1) is 16.5. The van der Waals surface area contributed by atoms with Crippen LogP contribution in [0.25, 0.3) is 10.9 Å². The highest BCUT2D eigenvalue weighted by atomic mass is 19.4. The molecule has 0 spiro atoms. The first-order valence-corrected chi connectivity index (χ1v) is 10.5. The van der Waals surface area contributed by atoms with Crippen molar-refractivity contribution in [2.24, 2.45) is 0 Å². The zero-order chi connectivity index (χ0) is 25.3. The van der Waals surface area contributed by atoms with E-state index in [1.54, 1.807) is 25.1 Å². The molecule has 1 aromatic heterocycles. The molecule has 0 aliphatic carbocycles. The summed E-state index contributed by atoms with van der Waals surface area (Å²) < 4.78 is 41.9. The molecule has 0 saturated carbocycles. The zero-order valence-electron chi connectivity index (χ0n) is 18.3. The van der Waals surface area contributed by atoms with Crippen LogP contribution in [0.4, 0.5) is 13.2 Å². The highest BCUT2D eigenvalue weighted by Gasteiger charge is 2.31. The molecule has 1 aliphatic heterocycles. The number of hydrogen-bond acceptors (Lipinski definition) is 6. The number of hydrogen-bond donors (Lipinski definition) is 2. The minimum absolute atomic E-state index is 0.0291. The fourth-order valence-electron chi connectivity index (χ4n) is 3.85. The Morgan fingerprint density at radius 2 is 1.89 bits per heavy atom. The Morgan fingerprint density at radius 3 is 2.54 bits per heavy atom. The van der Waals surface area contributed by atoms with Gasteiger partial charge in [0.05, 0.1) is 10.9 Å². The van der Waals surface area contributed by atoms with Gasteiger partial charge in [-0.15, -0.1) is 13.2 Å². The third-order valence-electron chi connectivity index (χ3n) is 5.47. The van der Waals surface area contributed by atoms with Gasteiger partial charge in [0.15, 0.2) is 0 Å². The van der Waals surface area contributed by atoms with Crippen LogP contribution in [0, 0.1) is 6.92 Å². The molecule has 1 aliphatic rings. The van der Waals surface area contributed by atoms with Crippen LogP contribution in [0.15, 0.2) is 47.3 Å². The number of aryl methyl sites for hydroxylation is 1. The maximum atomic E-state index is 13.2. The van der Waals surface area contributed by atoms with Crippen molar-refractivity contribution in [1.82, 2.24) is 20.2 Å². The maximum Gasteiger partial charge on any atom is 0.573 e. The molecule has 2 aromatic carbocycles. The summed E-state index contributed by atoms with van der Waals surface area (Å²) in [6.07, 6.45) is -4.54. The van der Waals surface area contributed by atoms with E-state index in [-0.39, 0.29) is 30.3 Å². The van der Waals surface area contributed by atoms with Crippen LogP contribution in [0.1, 0.15) is 40.6 Å². The molecular weight excluding hydrogens is 469 g/mol. The molecule has 0 radical (unpaired) electrons. The Balaban J connectivity index is 1.52. The minimum Gasteiger partial charge on any atom is -0.406 e. The topological polar surface area (TPSA) is 119 Å². The van der Waals surface area contributed by atoms with Crippen molar-refractivity contribution >= 4 is 28.6 Å². The number of nitrogens with zero attached hydrogens (tertiary/aromatic N) is 2. The van der Waals surface area contributed by atoms with Gasteiger partial charge in [-0.25, -0.2) is 4.98 Å². The maximum absolute atomic E-state index is 13.2. The Hall–Kier alpha value is -4.22. The number of carbonyl (C=O) groups excluding carboxylic acids is 3. The van der Waals surface area contributed by atoms with E-state index in [2.05, 4.69) is 20.4 Å². The number of fused-ring (bicyclic) bond motifs is 1. The van der Waals surface area contributed by atoms with E-state index >= 15 is 0 Å². The molecule has 1 fully saturated rings. The molecule has 182 valence electrons. The summed E-state index contributed by atoms with van der Waals surface area (Å²) in [6.45, 7) is 1.63. The Labute approximate surface area is 195 Å². The van der Waals surface area contributed by atoms with Gasteiger partial charge >= 0.3 is 6.36 Å². The fourth-order valence-corrected chi connectivity index (χ4v) is 3.85. The van der Waals surface area contributed by atoms with Gasteiger partial charge in [0.2, 0.25) is 11.8 Å². The number of benzene rings is 2. The number of aromatic nitrogens is 2. The number of rotatable bonds is 5. The van der Waals surface area contributed by atoms with Gasteiger partial charge in [-0.2, -0.15) is 0 Å². The third-order valence-corrected chi connectivity index (χ3v) is 5.47. The molecule has 1 atom stereocenters. The summed E-state index contributed by atoms with van der Waals surface area (Å²) in [6, 6.07) is 8.43. The van der Waals surface area contributed by atoms with Gasteiger partial charge in [-0.1, -0.05) is 6.07 Å². The summed E-state index contributed by atoms with van der Waals surface area (Å²) in [7, 11) is 0. The van der Waals surface area contributed by atoms with E-state index < -0.39 is 41.4 Å². The molecule has 35 heavy (non-hydrogen) atoms. The monoisotopic (exact) mass is 488 g/mol. The number of piperidine rings is 1. The second kappa shape index (κ2) is 9.20. The number of nitrogens with one attached hydrogen (secondary N) is 2. The molecule has 3 aromatic rings. The molecule has 0 bridgehead atoms. The first kappa shape index (κ1) is 23.9. The summed E-state index contributed by atoms with van der Waals surface area (Å²) in [5, 5.41) is 5.10. The van der Waals surface area contributed by atoms with Crippen LogP contribution < -0.4 is 20.9 Å². The number of ether oxygens (including phenoxy) is 1. The normalized spacial score (nSPS) is 16.2. The van der Waals surface area contributed by atoms with Crippen LogP contribution in [0.5, 0.6) is 5.75 Å². The summed E-state index contributed by atoms with van der Waals surface area (Å²) >= 11 is 0. The van der Waals surface area contributed by atoms with E-state index in [1.165, 1.54) is 16.7 Å². The average molecular weight is 488 g/mol. The highest BCUT2D eigenvalue weighted by molar-refractivity contribution is 5.99. The van der Waals surface area contributed by atoms with E-state index in [1.807, 2.05) is 0 Å². The molecule has 4 rings (SSSR count). The Kier molecular flexibility index (Phi) is 6.29. The van der Waals surface area contributed by atoms with Crippen LogP contribution in [-0.4, -0.2) is 33.6 Å². The number of halogens is 3. The lowest BCUT2D eigenvalue weighted by molar-refractivity contribution is -0.274. The van der Waals surface area contributed by atoms with Crippen molar-refractivity contribution < 1.29 is 32.3 Å². The van der Waals surface area contributed by atoms with E-state index in [0.717, 1.165) is 12.1 Å². The lowest BCUT2D eigenvalue weighted by Gasteiger charge is -2.24. The standard InChI is InChI=1S/C23H19F3N4O5/c1-12-28-17-7-2-13(10-16(17)22(34)30(12)18-8-9-19(31)29-21(18)33)11-27-20(32)14-3-5-15(6-4-14)35-23(24,25)26/h2-7,10,18H,8-9,11H2,1H3,(H,27,32)(H,29,31,33). The fraction of sp³-hybridized carbons (Fsp3) is 0.261. The zero-order valence-corrected chi connectivity index (χ0v) is 18.3. The minimum atomic E-state index is -4.83. The van der Waals surface area contributed by atoms with Gasteiger partial charge in [0.25, 0.3) is 11.5 Å². The number of carbonyl (C=O) groups is 3. The second-order valence-electron chi connectivity index (χ2n) is 7.91. The van der Waals surface area contributed by atoms with Crippen LogP contribution >= 0.6 is 0 Å². The average Bonchev–Trinajstić information content (AvgIpc) is 2.78. The van der Waals surface area contributed by atoms with E-state index in [4.69, 9.17) is 0 Å². The van der Waals surface area contributed by atoms with Crippen molar-refractivity contribution in [2.45, 2.75) is 38.7 Å². The molecule has 9 nitrogen and oxygen atoms in total. The number of amides is 3. The molecule has 12 heteroatoms. The van der Waals surface area contributed by atoms with Crippen molar-refractivity contribution in [2.75, 3.05) is 0 Å². The van der Waals surface area contributed by atoms with Gasteiger partial charge in [0.1, 0.15) is 17.6 Å². The SMILES string of the molecule is Cc1nc2ccc(CNC(=O)c3ccc(OC(F)(F)F)cc3)cc2c(=O)n1C1CCC(=O)NC1=O. The van der Waals surface area contributed by atoms with Gasteiger partial charge in [0, 0.05) is 18.5 Å². The Bertz CT molecular complexity index is 1380. The lowest BCUT2D eigenvalue weighted by atomic mass is 10.0. The number of alkyl halides is 3. The Morgan fingerprint density at radius 1 is 1.17 bits per heavy atom. The molecule has 3 amide bonds. The largest absolute Gasteiger partial charge is 0.573 e. The summed E-state index contributed by atoms with van der Waals surface area (Å²) in [5.74, 6) is -1.62. The van der Waals surface area contributed by atoms with Gasteiger partial charge < -0.3 is 10.1 Å². The predicted molar refractivity (Wildman–Crippen MR) is 116 cm³/mol. The summed E-state index contributed by atoms with van der Waals surface area (Å²) in [4.78, 5) is 53.7. The van der Waals surface area contributed by atoms with Crippen molar-refractivity contribution in [3.63, 3.8) is 0 Å². The van der Waals surface area contributed by atoms with Crippen molar-refractivity contribution in [1.29, 1.82) is 0 Å². The molecule has 1 saturated heterocycles. The molecular formula is C23H19F3N4O5. The van der Waals surface area contributed by atoms with E-state index in [0.29, 0.717) is 16.9 Å². The van der Waals surface area contributed by atoms with Gasteiger partial charge in [-0.3, -0.25) is 29.1 Å². The van der Waals surface area contributed by atoms with E-state index in [9.17, 15) is 32.3 Å². The second-order valence-corrected chi connectivity index (χ2v) is 7.91. The van der Waals surface area contributed by atoms with Crippen LogP contribution in [-0.2, 0) is 16.1 Å². The predicted octanol–water partition coefficient (Wildman–Crippen LogP) is 2.51. The smallest absolute Gasteiger partial charge is 0.406 e. The lowest BCUT2D eigenvalue weighted by Crippen LogP contribution is -2.45. The quantitative estimate of drug-likeness (QED) is 0.533. The molecule has 2 N–H and O–H groups in total. The third kappa shape index (κ3) is 5.31.